The molecule has 2 bridgehead atoms. The summed E-state index contributed by atoms with van der Waals surface area (Å²) in [7, 11) is 0. The van der Waals surface area contributed by atoms with Crippen LogP contribution in [-0.2, 0) is 11.2 Å². The first-order valence-electron chi connectivity index (χ1n) is 8.52. The quantitative estimate of drug-likeness (QED) is 0.878. The third-order valence-electron chi connectivity index (χ3n) is 5.72. The van der Waals surface area contributed by atoms with Crippen LogP contribution in [0.3, 0.4) is 0 Å². The predicted molar refractivity (Wildman–Crippen MR) is 89.5 cm³/mol. The lowest BCUT2D eigenvalue weighted by Crippen LogP contribution is -2.46. The number of piperidine rings is 1. The Bertz CT molecular complexity index is 792. The fraction of sp³-hybridized carbons (Fsp3) is 0.474. The number of carbonyl (C=O) groups is 2. The van der Waals surface area contributed by atoms with Crippen LogP contribution in [-0.4, -0.2) is 34.7 Å². The number of fused-ring (bicyclic) bond motifs is 5. The Morgan fingerprint density at radius 1 is 1.26 bits per heavy atom. The lowest BCUT2D eigenvalue weighted by atomic mass is 9.73. The number of carbonyl (C=O) groups excluding carboxylic acids is 2. The monoisotopic (exact) mass is 310 g/mol. The molecule has 1 fully saturated rings. The molecule has 3 heterocycles. The Morgan fingerprint density at radius 3 is 2.91 bits per heavy atom. The van der Waals surface area contributed by atoms with Gasteiger partial charge >= 0.3 is 0 Å². The van der Waals surface area contributed by atoms with E-state index in [1.807, 2.05) is 29.2 Å². The smallest absolute Gasteiger partial charge is 0.227 e. The Hall–Kier alpha value is -2.10. The second-order valence-corrected chi connectivity index (χ2v) is 7.07. The van der Waals surface area contributed by atoms with Crippen molar-refractivity contribution in [2.75, 3.05) is 13.1 Å². The van der Waals surface area contributed by atoms with E-state index in [1.165, 1.54) is 0 Å². The standard InChI is InChI=1S/C19H22N2O2/c1-2-19-8-5-9-21(12-19)17(23)10-14-13-6-3-4-7-15(13)20-18(14)16(22)11-19/h3-4,6-7,20H,2,5,8-12H2,1H3. The number of Topliss-reactive ketones (excluding diaryl/α,β-unsaturated/α-hetero) is 1. The molecule has 1 aromatic heterocycles. The van der Waals surface area contributed by atoms with Gasteiger partial charge in [0.2, 0.25) is 5.91 Å². The summed E-state index contributed by atoms with van der Waals surface area (Å²) in [6, 6.07) is 7.89. The van der Waals surface area contributed by atoms with Crippen molar-refractivity contribution in [1.29, 1.82) is 0 Å². The summed E-state index contributed by atoms with van der Waals surface area (Å²) in [5, 5.41) is 1.01. The molecule has 0 saturated carbocycles. The molecule has 1 aromatic carbocycles. The van der Waals surface area contributed by atoms with Crippen molar-refractivity contribution in [2.45, 2.75) is 39.0 Å². The van der Waals surface area contributed by atoms with Gasteiger partial charge in [-0.25, -0.2) is 0 Å². The molecule has 0 aliphatic carbocycles. The van der Waals surface area contributed by atoms with Crippen LogP contribution in [0, 0.1) is 5.41 Å². The minimum atomic E-state index is -0.0517. The van der Waals surface area contributed by atoms with Crippen molar-refractivity contribution in [3.63, 3.8) is 0 Å². The summed E-state index contributed by atoms with van der Waals surface area (Å²) >= 11 is 0. The van der Waals surface area contributed by atoms with Crippen molar-refractivity contribution in [3.8, 4) is 0 Å². The molecule has 4 nitrogen and oxygen atoms in total. The summed E-state index contributed by atoms with van der Waals surface area (Å²) in [6.45, 7) is 3.70. The zero-order valence-corrected chi connectivity index (χ0v) is 13.5. The fourth-order valence-electron chi connectivity index (χ4n) is 4.29. The van der Waals surface area contributed by atoms with Crippen LogP contribution < -0.4 is 0 Å². The van der Waals surface area contributed by atoms with E-state index in [9.17, 15) is 9.59 Å². The van der Waals surface area contributed by atoms with Gasteiger partial charge in [0.25, 0.3) is 0 Å². The van der Waals surface area contributed by atoms with Gasteiger partial charge in [-0.2, -0.15) is 0 Å². The van der Waals surface area contributed by atoms with E-state index in [4.69, 9.17) is 0 Å². The van der Waals surface area contributed by atoms with E-state index in [2.05, 4.69) is 11.9 Å². The molecule has 1 unspecified atom stereocenters. The summed E-state index contributed by atoms with van der Waals surface area (Å²) in [5.41, 5.74) is 2.43. The zero-order chi connectivity index (χ0) is 16.0. The maximum absolute atomic E-state index is 13.0. The largest absolute Gasteiger partial charge is 0.352 e. The van der Waals surface area contributed by atoms with E-state index in [0.29, 0.717) is 18.5 Å². The van der Waals surface area contributed by atoms with Crippen LogP contribution in [0.5, 0.6) is 0 Å². The maximum atomic E-state index is 13.0. The van der Waals surface area contributed by atoms with E-state index < -0.39 is 0 Å². The van der Waals surface area contributed by atoms with Crippen molar-refractivity contribution in [3.05, 3.63) is 35.5 Å². The van der Waals surface area contributed by atoms with E-state index in [-0.39, 0.29) is 17.1 Å². The van der Waals surface area contributed by atoms with Gasteiger partial charge in [-0.1, -0.05) is 25.1 Å². The fourth-order valence-corrected chi connectivity index (χ4v) is 4.29. The zero-order valence-electron chi connectivity index (χ0n) is 13.5. The number of amides is 1. The molecular formula is C19H22N2O2. The summed E-state index contributed by atoms with van der Waals surface area (Å²) in [4.78, 5) is 31.1. The molecule has 1 saturated heterocycles. The topological polar surface area (TPSA) is 53.2 Å². The molecule has 23 heavy (non-hydrogen) atoms. The first-order valence-corrected chi connectivity index (χ1v) is 8.52. The van der Waals surface area contributed by atoms with Gasteiger partial charge in [0.1, 0.15) is 0 Å². The van der Waals surface area contributed by atoms with Crippen molar-refractivity contribution in [1.82, 2.24) is 9.88 Å². The first kappa shape index (κ1) is 14.5. The second-order valence-electron chi connectivity index (χ2n) is 7.07. The van der Waals surface area contributed by atoms with Gasteiger partial charge in [-0.3, -0.25) is 9.59 Å². The number of nitrogens with one attached hydrogen (secondary N) is 1. The number of rotatable bonds is 1. The minimum Gasteiger partial charge on any atom is -0.352 e. The molecule has 0 spiro atoms. The van der Waals surface area contributed by atoms with Gasteiger partial charge in [0.15, 0.2) is 5.78 Å². The molecular weight excluding hydrogens is 288 g/mol. The third-order valence-corrected chi connectivity index (χ3v) is 5.72. The molecule has 120 valence electrons. The van der Waals surface area contributed by atoms with Crippen LogP contribution in [0.25, 0.3) is 10.9 Å². The highest BCUT2D eigenvalue weighted by Crippen LogP contribution is 2.40. The predicted octanol–water partition coefficient (Wildman–Crippen LogP) is 3.32. The van der Waals surface area contributed by atoms with Crippen LogP contribution in [0.1, 0.15) is 48.7 Å². The third kappa shape index (κ3) is 2.28. The highest BCUT2D eigenvalue weighted by atomic mass is 16.2. The van der Waals surface area contributed by atoms with E-state index >= 15 is 0 Å². The lowest BCUT2D eigenvalue weighted by Gasteiger charge is -2.41. The van der Waals surface area contributed by atoms with Crippen LogP contribution in [0.15, 0.2) is 24.3 Å². The van der Waals surface area contributed by atoms with Gasteiger partial charge in [0.05, 0.1) is 12.1 Å². The van der Waals surface area contributed by atoms with Gasteiger partial charge in [-0.15, -0.1) is 0 Å². The number of aromatic nitrogens is 1. The maximum Gasteiger partial charge on any atom is 0.227 e. The van der Waals surface area contributed by atoms with Gasteiger partial charge in [-0.05, 0) is 36.3 Å². The molecule has 1 amide bonds. The number of nitrogens with zero attached hydrogens (tertiary/aromatic N) is 1. The summed E-state index contributed by atoms with van der Waals surface area (Å²) in [5.74, 6) is 0.317. The SMILES string of the molecule is CCC12CCCN(C1)C(=O)Cc1c([nH]c3ccccc13)C(=O)C2. The van der Waals surface area contributed by atoms with E-state index in [1.54, 1.807) is 0 Å². The number of aromatic amines is 1. The number of hydrogen-bond acceptors (Lipinski definition) is 2. The number of para-hydroxylation sites is 1. The second kappa shape index (κ2) is 5.22. The van der Waals surface area contributed by atoms with Crippen LogP contribution in [0.2, 0.25) is 0 Å². The van der Waals surface area contributed by atoms with Crippen molar-refractivity contribution in [2.24, 2.45) is 5.41 Å². The Balaban J connectivity index is 1.88. The Morgan fingerprint density at radius 2 is 2.09 bits per heavy atom. The molecule has 2 aliphatic rings. The summed E-state index contributed by atoms with van der Waals surface area (Å²) in [6.07, 6.45) is 3.84. The summed E-state index contributed by atoms with van der Waals surface area (Å²) < 4.78 is 0. The molecule has 2 aromatic rings. The number of benzene rings is 1. The molecule has 2 aliphatic heterocycles. The Labute approximate surface area is 135 Å². The number of H-pyrrole nitrogens is 1. The van der Waals surface area contributed by atoms with Crippen LogP contribution in [0.4, 0.5) is 0 Å². The highest BCUT2D eigenvalue weighted by Gasteiger charge is 2.40. The van der Waals surface area contributed by atoms with Crippen molar-refractivity contribution < 1.29 is 9.59 Å². The van der Waals surface area contributed by atoms with Crippen LogP contribution >= 0.6 is 0 Å². The molecule has 1 N–H and O–H groups in total. The average molecular weight is 310 g/mol. The molecule has 4 rings (SSSR count). The number of hydrogen-bond donors (Lipinski definition) is 1. The molecule has 1 atom stereocenters. The van der Waals surface area contributed by atoms with Crippen molar-refractivity contribution >= 4 is 22.6 Å². The lowest BCUT2D eigenvalue weighted by molar-refractivity contribution is -0.134. The molecule has 4 heteroatoms. The molecule has 0 radical (unpaired) electrons. The average Bonchev–Trinajstić information content (AvgIpc) is 2.94. The Kier molecular flexibility index (Phi) is 3.29. The number of ketones is 1. The van der Waals surface area contributed by atoms with E-state index in [0.717, 1.165) is 48.8 Å². The first-order chi connectivity index (χ1) is 11.1. The van der Waals surface area contributed by atoms with Gasteiger partial charge in [0, 0.05) is 30.4 Å². The van der Waals surface area contributed by atoms with Gasteiger partial charge < -0.3 is 9.88 Å². The highest BCUT2D eigenvalue weighted by molar-refractivity contribution is 6.04. The minimum absolute atomic E-state index is 0.0517. The normalized spacial score (nSPS) is 25.0.